The molecule has 0 aromatic heterocycles. The maximum atomic E-state index is 11.0. The molecule has 2 aromatic rings. The van der Waals surface area contributed by atoms with Crippen LogP contribution in [0.1, 0.15) is 65.2 Å². The predicted molar refractivity (Wildman–Crippen MR) is 150 cm³/mol. The summed E-state index contributed by atoms with van der Waals surface area (Å²) >= 11 is 0. The Hall–Kier alpha value is -1.56. The van der Waals surface area contributed by atoms with E-state index in [2.05, 4.69) is 27.9 Å². The van der Waals surface area contributed by atoms with Gasteiger partial charge in [0.15, 0.2) is 0 Å². The lowest BCUT2D eigenvalue weighted by Gasteiger charge is -2.28. The molecule has 0 N–H and O–H groups in total. The molecule has 2 fully saturated rings. The first-order valence-corrected chi connectivity index (χ1v) is 16.7. The van der Waals surface area contributed by atoms with E-state index in [1.54, 1.807) is 0 Å². The van der Waals surface area contributed by atoms with E-state index < -0.39 is 30.0 Å². The van der Waals surface area contributed by atoms with Gasteiger partial charge in [-0.3, -0.25) is 0 Å². The SMILES string of the molecule is CCCC[N+]1(C)CCCC1.CCCC[N+]1(C)CCCC1.O=S(=O)([O-])c1cccc2c(S(=O)(=O)[O-])cccc12. The van der Waals surface area contributed by atoms with Crippen LogP contribution in [-0.4, -0.2) is 88.3 Å². The molecule has 0 saturated carbocycles. The Kier molecular flexibility index (Phi) is 12.2. The van der Waals surface area contributed by atoms with Crippen LogP contribution in [0.3, 0.4) is 0 Å². The average Bonchev–Trinajstić information content (AvgIpc) is 3.49. The molecule has 0 spiro atoms. The van der Waals surface area contributed by atoms with E-state index in [1.807, 2.05) is 0 Å². The van der Waals surface area contributed by atoms with Crippen molar-refractivity contribution in [2.75, 3.05) is 53.4 Å². The fourth-order valence-electron chi connectivity index (χ4n) is 5.41. The summed E-state index contributed by atoms with van der Waals surface area (Å²) in [5, 5.41) is -0.158. The summed E-state index contributed by atoms with van der Waals surface area (Å²) in [5.74, 6) is 0. The molecule has 0 bridgehead atoms. The zero-order valence-electron chi connectivity index (χ0n) is 23.5. The molecular weight excluding hydrogens is 524 g/mol. The molecular formula is C28H46N2O6S2. The molecule has 216 valence electrons. The summed E-state index contributed by atoms with van der Waals surface area (Å²) in [4.78, 5) is -1.10. The van der Waals surface area contributed by atoms with Gasteiger partial charge in [-0.2, -0.15) is 0 Å². The number of unbranched alkanes of at least 4 members (excludes halogenated alkanes) is 2. The Morgan fingerprint density at radius 3 is 1.21 bits per heavy atom. The van der Waals surface area contributed by atoms with Gasteiger partial charge in [-0.05, 0) is 25.0 Å². The van der Waals surface area contributed by atoms with Crippen LogP contribution < -0.4 is 0 Å². The predicted octanol–water partition coefficient (Wildman–Crippen LogP) is 4.70. The van der Waals surface area contributed by atoms with E-state index >= 15 is 0 Å². The van der Waals surface area contributed by atoms with Crippen molar-refractivity contribution in [1.29, 1.82) is 0 Å². The highest BCUT2D eigenvalue weighted by atomic mass is 32.2. The summed E-state index contributed by atoms with van der Waals surface area (Å²) < 4.78 is 68.9. The van der Waals surface area contributed by atoms with Crippen LogP contribution in [0.2, 0.25) is 0 Å². The first-order chi connectivity index (χ1) is 17.7. The van der Waals surface area contributed by atoms with E-state index in [9.17, 15) is 25.9 Å². The summed E-state index contributed by atoms with van der Waals surface area (Å²) in [6.07, 6.45) is 11.4. The number of rotatable bonds is 8. The van der Waals surface area contributed by atoms with E-state index in [1.165, 1.54) is 124 Å². The average molecular weight is 571 g/mol. The zero-order valence-corrected chi connectivity index (χ0v) is 25.2. The van der Waals surface area contributed by atoms with E-state index in [-0.39, 0.29) is 10.8 Å². The number of benzene rings is 2. The number of nitrogens with zero attached hydrogens (tertiary/aromatic N) is 2. The minimum atomic E-state index is -4.74. The third kappa shape index (κ3) is 9.88. The molecule has 0 amide bonds. The highest BCUT2D eigenvalue weighted by molar-refractivity contribution is 7.86. The highest BCUT2D eigenvalue weighted by Gasteiger charge is 2.26. The lowest BCUT2D eigenvalue weighted by Crippen LogP contribution is -2.41. The minimum absolute atomic E-state index is 0.0792. The lowest BCUT2D eigenvalue weighted by atomic mass is 10.1. The molecule has 38 heavy (non-hydrogen) atoms. The van der Waals surface area contributed by atoms with Gasteiger partial charge < -0.3 is 18.1 Å². The van der Waals surface area contributed by atoms with Crippen molar-refractivity contribution < 1.29 is 34.9 Å². The lowest BCUT2D eigenvalue weighted by molar-refractivity contribution is -0.897. The molecule has 0 unspecified atom stereocenters. The van der Waals surface area contributed by atoms with Crippen molar-refractivity contribution in [3.8, 4) is 0 Å². The zero-order chi connectivity index (χ0) is 28.5. The molecule has 10 heteroatoms. The minimum Gasteiger partial charge on any atom is -0.744 e. The van der Waals surface area contributed by atoms with Crippen LogP contribution in [0.4, 0.5) is 0 Å². The third-order valence-electron chi connectivity index (χ3n) is 7.78. The van der Waals surface area contributed by atoms with E-state index in [0.29, 0.717) is 0 Å². The second kappa shape index (κ2) is 14.2. The number of likely N-dealkylation sites (tertiary alicyclic amines) is 2. The molecule has 0 atom stereocenters. The highest BCUT2D eigenvalue weighted by Crippen LogP contribution is 2.28. The number of quaternary nitrogens is 2. The van der Waals surface area contributed by atoms with Crippen LogP contribution in [-0.2, 0) is 20.2 Å². The summed E-state index contributed by atoms with van der Waals surface area (Å²) in [7, 11) is -4.67. The Balaban J connectivity index is 0.000000216. The van der Waals surface area contributed by atoms with Gasteiger partial charge in [0.2, 0.25) is 0 Å². The van der Waals surface area contributed by atoms with Crippen LogP contribution in [0.5, 0.6) is 0 Å². The monoisotopic (exact) mass is 570 g/mol. The smallest absolute Gasteiger partial charge is 0.125 e. The van der Waals surface area contributed by atoms with Gasteiger partial charge in [-0.1, -0.05) is 51.0 Å². The fourth-order valence-corrected chi connectivity index (χ4v) is 6.80. The van der Waals surface area contributed by atoms with Gasteiger partial charge in [-0.25, -0.2) is 16.8 Å². The second-order valence-electron chi connectivity index (χ2n) is 11.2. The van der Waals surface area contributed by atoms with Crippen molar-refractivity contribution in [2.45, 2.75) is 75.0 Å². The number of fused-ring (bicyclic) bond motifs is 1. The molecule has 8 nitrogen and oxygen atoms in total. The molecule has 4 rings (SSSR count). The summed E-state index contributed by atoms with van der Waals surface area (Å²) in [5.41, 5.74) is 0. The normalized spacial score (nSPS) is 18.4. The van der Waals surface area contributed by atoms with Crippen molar-refractivity contribution in [3.63, 3.8) is 0 Å². The molecule has 2 saturated heterocycles. The van der Waals surface area contributed by atoms with E-state index in [4.69, 9.17) is 0 Å². The maximum Gasteiger partial charge on any atom is 0.125 e. The quantitative estimate of drug-likeness (QED) is 0.336. The largest absolute Gasteiger partial charge is 0.744 e. The Labute approximate surface area is 230 Å². The van der Waals surface area contributed by atoms with Crippen LogP contribution in [0, 0.1) is 0 Å². The first kappa shape index (κ1) is 32.7. The van der Waals surface area contributed by atoms with Crippen molar-refractivity contribution in [1.82, 2.24) is 0 Å². The van der Waals surface area contributed by atoms with Gasteiger partial charge in [-0.15, -0.1) is 0 Å². The maximum absolute atomic E-state index is 11.0. The van der Waals surface area contributed by atoms with Gasteiger partial charge in [0, 0.05) is 36.5 Å². The van der Waals surface area contributed by atoms with Crippen molar-refractivity contribution >= 4 is 31.0 Å². The third-order valence-corrected chi connectivity index (χ3v) is 9.56. The first-order valence-electron chi connectivity index (χ1n) is 13.9. The fraction of sp³-hybridized carbons (Fsp3) is 0.643. The van der Waals surface area contributed by atoms with Gasteiger partial charge in [0.1, 0.15) is 20.2 Å². The van der Waals surface area contributed by atoms with Gasteiger partial charge in [0.25, 0.3) is 0 Å². The Bertz CT molecular complexity index is 1140. The van der Waals surface area contributed by atoms with E-state index in [0.717, 1.165) is 12.1 Å². The molecule has 2 aliphatic rings. The topological polar surface area (TPSA) is 114 Å². The van der Waals surface area contributed by atoms with Crippen LogP contribution >= 0.6 is 0 Å². The van der Waals surface area contributed by atoms with Gasteiger partial charge >= 0.3 is 0 Å². The van der Waals surface area contributed by atoms with Crippen LogP contribution in [0.15, 0.2) is 46.2 Å². The molecule has 2 heterocycles. The summed E-state index contributed by atoms with van der Waals surface area (Å²) in [6, 6.07) is 7.09. The van der Waals surface area contributed by atoms with Crippen molar-refractivity contribution in [3.05, 3.63) is 36.4 Å². The molecule has 2 aliphatic heterocycles. The Morgan fingerprint density at radius 2 is 0.947 bits per heavy atom. The van der Waals surface area contributed by atoms with Crippen LogP contribution in [0.25, 0.3) is 10.8 Å². The van der Waals surface area contributed by atoms with Crippen molar-refractivity contribution in [2.24, 2.45) is 0 Å². The number of hydrogen-bond acceptors (Lipinski definition) is 6. The molecule has 2 aromatic carbocycles. The molecule has 0 aliphatic carbocycles. The summed E-state index contributed by atoms with van der Waals surface area (Å²) in [6.45, 7) is 13.1. The number of hydrogen-bond donors (Lipinski definition) is 0. The Morgan fingerprint density at radius 1 is 0.632 bits per heavy atom. The standard InChI is InChI=1S/C10H8O6S2.2C9H20N/c11-17(12,13)9-5-1-3-7-8(9)4-2-6-10(7)18(14,15)16;2*1-3-4-7-10(2)8-5-6-9-10/h1-6H,(H,11,12,13)(H,14,15,16);2*3-9H2,1-2H3/q;2*+1/p-2. The molecule has 0 radical (unpaired) electrons. The van der Waals surface area contributed by atoms with Gasteiger partial charge in [0.05, 0.1) is 63.2 Å². The second-order valence-corrected chi connectivity index (χ2v) is 13.9.